The van der Waals surface area contributed by atoms with Gasteiger partial charge in [0.05, 0.1) is 5.41 Å². The molecule has 3 aromatic rings. The third-order valence-corrected chi connectivity index (χ3v) is 6.11. The van der Waals surface area contributed by atoms with Gasteiger partial charge in [-0.15, -0.1) is 0 Å². The first-order chi connectivity index (χ1) is 15.4. The number of aromatic nitrogens is 2. The highest BCUT2D eigenvalue weighted by Crippen LogP contribution is 2.38. The molecule has 1 fully saturated rings. The normalized spacial score (nSPS) is 18.2. The monoisotopic (exact) mass is 430 g/mol. The maximum Gasteiger partial charge on any atom is 0.274 e. The fourth-order valence-electron chi connectivity index (χ4n) is 4.50. The molecule has 4 rings (SSSR count). The van der Waals surface area contributed by atoms with Gasteiger partial charge in [0.15, 0.2) is 0 Å². The second-order valence-electron chi connectivity index (χ2n) is 8.96. The third kappa shape index (κ3) is 4.44. The minimum atomic E-state index is -0.681. The van der Waals surface area contributed by atoms with Crippen LogP contribution in [0.5, 0.6) is 0 Å². The first-order valence-corrected chi connectivity index (χ1v) is 11.1. The quantitative estimate of drug-likeness (QED) is 0.649. The van der Waals surface area contributed by atoms with E-state index in [1.807, 2.05) is 44.2 Å². The van der Waals surface area contributed by atoms with E-state index < -0.39 is 5.41 Å². The SMILES string of the molecule is CC(C)NC(=O)C1(Cc2ccccc2-c2ccccc2)CCN(C(=O)c2ccn(C)n2)C1. The van der Waals surface area contributed by atoms with Crippen molar-refractivity contribution in [1.29, 1.82) is 0 Å². The summed E-state index contributed by atoms with van der Waals surface area (Å²) in [5.74, 6) is -0.118. The molecule has 0 bridgehead atoms. The summed E-state index contributed by atoms with van der Waals surface area (Å²) in [5.41, 5.74) is 3.10. The lowest BCUT2D eigenvalue weighted by Crippen LogP contribution is -2.47. The summed E-state index contributed by atoms with van der Waals surface area (Å²) in [5, 5.41) is 7.37. The molecule has 166 valence electrons. The van der Waals surface area contributed by atoms with E-state index >= 15 is 0 Å². The lowest BCUT2D eigenvalue weighted by molar-refractivity contribution is -0.130. The Labute approximate surface area is 189 Å². The van der Waals surface area contributed by atoms with E-state index in [0.717, 1.165) is 16.7 Å². The molecule has 2 amide bonds. The highest BCUT2D eigenvalue weighted by Gasteiger charge is 2.46. The lowest BCUT2D eigenvalue weighted by Gasteiger charge is -2.30. The molecule has 1 atom stereocenters. The first kappa shape index (κ1) is 21.8. The van der Waals surface area contributed by atoms with E-state index in [9.17, 15) is 9.59 Å². The maximum atomic E-state index is 13.5. The van der Waals surface area contributed by atoms with Crippen molar-refractivity contribution in [3.63, 3.8) is 0 Å². The number of hydrogen-bond acceptors (Lipinski definition) is 3. The van der Waals surface area contributed by atoms with Crippen LogP contribution in [0.2, 0.25) is 0 Å². The van der Waals surface area contributed by atoms with E-state index in [2.05, 4.69) is 34.7 Å². The predicted octanol–water partition coefficient (Wildman–Crippen LogP) is 3.69. The van der Waals surface area contributed by atoms with Crippen LogP contribution < -0.4 is 5.32 Å². The second kappa shape index (κ2) is 8.99. The molecule has 0 radical (unpaired) electrons. The summed E-state index contributed by atoms with van der Waals surface area (Å²) in [6.07, 6.45) is 2.95. The topological polar surface area (TPSA) is 67.2 Å². The molecule has 2 heterocycles. The van der Waals surface area contributed by atoms with Crippen molar-refractivity contribution in [3.8, 4) is 11.1 Å². The number of hydrogen-bond donors (Lipinski definition) is 1. The van der Waals surface area contributed by atoms with Gasteiger partial charge in [-0.1, -0.05) is 54.6 Å². The lowest BCUT2D eigenvalue weighted by atomic mass is 9.78. The van der Waals surface area contributed by atoms with Crippen LogP contribution in [0.3, 0.4) is 0 Å². The number of amides is 2. The van der Waals surface area contributed by atoms with Crippen molar-refractivity contribution >= 4 is 11.8 Å². The Morgan fingerprint density at radius 2 is 1.78 bits per heavy atom. The van der Waals surface area contributed by atoms with E-state index in [1.54, 1.807) is 28.9 Å². The molecule has 6 nitrogen and oxygen atoms in total. The zero-order valence-electron chi connectivity index (χ0n) is 18.9. The smallest absolute Gasteiger partial charge is 0.274 e. The van der Waals surface area contributed by atoms with Gasteiger partial charge in [-0.05, 0) is 49.4 Å². The Balaban J connectivity index is 1.66. The molecule has 1 aromatic heterocycles. The second-order valence-corrected chi connectivity index (χ2v) is 8.96. The summed E-state index contributed by atoms with van der Waals surface area (Å²) in [7, 11) is 1.79. The van der Waals surface area contributed by atoms with Crippen LogP contribution in [-0.2, 0) is 18.3 Å². The first-order valence-electron chi connectivity index (χ1n) is 11.1. The average molecular weight is 431 g/mol. The molecule has 2 aromatic carbocycles. The Morgan fingerprint density at radius 3 is 2.47 bits per heavy atom. The van der Waals surface area contributed by atoms with Gasteiger partial charge in [0.25, 0.3) is 5.91 Å². The third-order valence-electron chi connectivity index (χ3n) is 6.11. The van der Waals surface area contributed by atoms with Crippen LogP contribution >= 0.6 is 0 Å². The van der Waals surface area contributed by atoms with Crippen LogP contribution in [0.15, 0.2) is 66.9 Å². The highest BCUT2D eigenvalue weighted by molar-refractivity contribution is 5.94. The minimum Gasteiger partial charge on any atom is -0.353 e. The summed E-state index contributed by atoms with van der Waals surface area (Å²) >= 11 is 0. The molecule has 1 aliphatic rings. The summed E-state index contributed by atoms with van der Waals surface area (Å²) in [6.45, 7) is 4.85. The van der Waals surface area contributed by atoms with Gasteiger partial charge in [-0.2, -0.15) is 5.10 Å². The number of nitrogens with zero attached hydrogens (tertiary/aromatic N) is 3. The zero-order chi connectivity index (χ0) is 22.7. The molecular weight excluding hydrogens is 400 g/mol. The van der Waals surface area contributed by atoms with E-state index in [0.29, 0.717) is 31.6 Å². The van der Waals surface area contributed by atoms with Gasteiger partial charge in [-0.3, -0.25) is 14.3 Å². The molecule has 1 unspecified atom stereocenters. The van der Waals surface area contributed by atoms with Gasteiger partial charge in [-0.25, -0.2) is 0 Å². The van der Waals surface area contributed by atoms with E-state index in [4.69, 9.17) is 0 Å². The van der Waals surface area contributed by atoms with Crippen LogP contribution in [0.1, 0.15) is 36.3 Å². The van der Waals surface area contributed by atoms with Crippen molar-refractivity contribution in [3.05, 3.63) is 78.1 Å². The van der Waals surface area contributed by atoms with Crippen LogP contribution in [0.4, 0.5) is 0 Å². The van der Waals surface area contributed by atoms with Gasteiger partial charge >= 0.3 is 0 Å². The minimum absolute atomic E-state index is 0.00619. The Hall–Kier alpha value is -3.41. The maximum absolute atomic E-state index is 13.5. The average Bonchev–Trinajstić information content (AvgIpc) is 3.41. The molecule has 0 aliphatic carbocycles. The molecule has 32 heavy (non-hydrogen) atoms. The standard InChI is InChI=1S/C26H30N4O2/c1-19(2)27-25(32)26(14-16-30(18-26)24(31)23-13-15-29(3)28-23)17-21-11-7-8-12-22(21)20-9-5-4-6-10-20/h4-13,15,19H,14,16-18H2,1-3H3,(H,27,32). The number of rotatable bonds is 6. The van der Waals surface area contributed by atoms with Crippen molar-refractivity contribution in [2.45, 2.75) is 32.7 Å². The van der Waals surface area contributed by atoms with Crippen molar-refractivity contribution in [2.75, 3.05) is 13.1 Å². The molecule has 1 N–H and O–H groups in total. The van der Waals surface area contributed by atoms with Crippen LogP contribution in [0.25, 0.3) is 11.1 Å². The van der Waals surface area contributed by atoms with Gasteiger partial charge in [0, 0.05) is 32.4 Å². The number of aryl methyl sites for hydroxylation is 1. The van der Waals surface area contributed by atoms with Gasteiger partial charge < -0.3 is 10.2 Å². The molecule has 0 saturated carbocycles. The number of carbonyl (C=O) groups excluding carboxylic acids is 2. The van der Waals surface area contributed by atoms with Crippen LogP contribution in [0, 0.1) is 5.41 Å². The van der Waals surface area contributed by atoms with Gasteiger partial charge in [0.2, 0.25) is 5.91 Å². The molecule has 6 heteroatoms. The summed E-state index contributed by atoms with van der Waals surface area (Å²) in [4.78, 5) is 28.3. The summed E-state index contributed by atoms with van der Waals surface area (Å²) < 4.78 is 1.62. The van der Waals surface area contributed by atoms with Crippen molar-refractivity contribution in [1.82, 2.24) is 20.0 Å². The van der Waals surface area contributed by atoms with E-state index in [-0.39, 0.29) is 17.9 Å². The highest BCUT2D eigenvalue weighted by atomic mass is 16.2. The Morgan fingerprint density at radius 1 is 1.06 bits per heavy atom. The fourth-order valence-corrected chi connectivity index (χ4v) is 4.50. The van der Waals surface area contributed by atoms with Crippen molar-refractivity contribution in [2.24, 2.45) is 12.5 Å². The fraction of sp³-hybridized carbons (Fsp3) is 0.346. The molecular formula is C26H30N4O2. The predicted molar refractivity (Wildman–Crippen MR) is 125 cm³/mol. The number of nitrogens with one attached hydrogen (secondary N) is 1. The number of benzene rings is 2. The Bertz CT molecular complexity index is 1110. The van der Waals surface area contributed by atoms with Gasteiger partial charge in [0.1, 0.15) is 5.69 Å². The largest absolute Gasteiger partial charge is 0.353 e. The Kier molecular flexibility index (Phi) is 6.12. The van der Waals surface area contributed by atoms with Crippen LogP contribution in [-0.4, -0.2) is 45.6 Å². The number of carbonyl (C=O) groups is 2. The zero-order valence-corrected chi connectivity index (χ0v) is 18.9. The molecule has 1 saturated heterocycles. The van der Waals surface area contributed by atoms with E-state index in [1.165, 1.54) is 0 Å². The number of likely N-dealkylation sites (tertiary alicyclic amines) is 1. The summed E-state index contributed by atoms with van der Waals surface area (Å²) in [6, 6.07) is 20.2. The van der Waals surface area contributed by atoms with Crippen molar-refractivity contribution < 1.29 is 9.59 Å². The molecule has 0 spiro atoms. The molecule has 1 aliphatic heterocycles.